The summed E-state index contributed by atoms with van der Waals surface area (Å²) in [6.45, 7) is 5.46. The predicted octanol–water partition coefficient (Wildman–Crippen LogP) is 4.97. The summed E-state index contributed by atoms with van der Waals surface area (Å²) in [5.74, 6) is -0.707. The average Bonchev–Trinajstić information content (AvgIpc) is 3.38. The Hall–Kier alpha value is -3.58. The molecule has 0 aliphatic heterocycles. The summed E-state index contributed by atoms with van der Waals surface area (Å²) in [7, 11) is 0. The van der Waals surface area contributed by atoms with E-state index in [0.717, 1.165) is 27.8 Å². The summed E-state index contributed by atoms with van der Waals surface area (Å²) in [5, 5.41) is 2.55. The number of para-hydroxylation sites is 1. The first-order valence-electron chi connectivity index (χ1n) is 10.3. The van der Waals surface area contributed by atoms with Gasteiger partial charge >= 0.3 is 5.97 Å². The van der Waals surface area contributed by atoms with E-state index in [1.54, 1.807) is 13.1 Å². The Morgan fingerprint density at radius 1 is 1.09 bits per heavy atom. The second-order valence-corrected chi connectivity index (χ2v) is 8.35. The van der Waals surface area contributed by atoms with E-state index in [0.29, 0.717) is 11.3 Å². The van der Waals surface area contributed by atoms with E-state index >= 15 is 0 Å². The lowest BCUT2D eigenvalue weighted by Gasteiger charge is -2.13. The third-order valence-corrected chi connectivity index (χ3v) is 6.06. The molecular weight excluding hydrogens is 422 g/mol. The Morgan fingerprint density at radius 3 is 2.56 bits per heavy atom. The number of ketones is 1. The number of ether oxygens (including phenoxy) is 1. The van der Waals surface area contributed by atoms with Crippen LogP contribution in [0.15, 0.2) is 66.2 Å². The van der Waals surface area contributed by atoms with Gasteiger partial charge in [0.15, 0.2) is 6.10 Å². The monoisotopic (exact) mass is 445 g/mol. The summed E-state index contributed by atoms with van der Waals surface area (Å²) in [4.78, 5) is 34.2. The van der Waals surface area contributed by atoms with Crippen LogP contribution in [0.5, 0.6) is 0 Å². The molecule has 0 aliphatic rings. The number of aromatic nitrogens is 3. The number of benzene rings is 1. The number of carbonyl (C=O) groups excluding carboxylic acids is 2. The molecule has 0 spiro atoms. The number of pyridine rings is 1. The molecule has 1 aromatic carbocycles. The van der Waals surface area contributed by atoms with Crippen LogP contribution in [-0.4, -0.2) is 32.4 Å². The van der Waals surface area contributed by atoms with Gasteiger partial charge in [-0.2, -0.15) is 0 Å². The van der Waals surface area contributed by atoms with Crippen LogP contribution in [-0.2, 0) is 16.0 Å². The maximum atomic E-state index is 13.0. The second kappa shape index (κ2) is 9.28. The van der Waals surface area contributed by atoms with Gasteiger partial charge in [-0.15, -0.1) is 11.3 Å². The smallest absolute Gasteiger partial charge is 0.312 e. The van der Waals surface area contributed by atoms with Crippen LogP contribution in [0.2, 0.25) is 0 Å². The van der Waals surface area contributed by atoms with Crippen LogP contribution in [0.4, 0.5) is 0 Å². The Balaban J connectivity index is 1.43. The van der Waals surface area contributed by atoms with Crippen LogP contribution in [0, 0.1) is 13.8 Å². The van der Waals surface area contributed by atoms with Gasteiger partial charge in [-0.05, 0) is 51.1 Å². The van der Waals surface area contributed by atoms with Gasteiger partial charge in [0.2, 0.25) is 5.78 Å². The fraction of sp³-hybridized carbons (Fsp3) is 0.200. The van der Waals surface area contributed by atoms with Gasteiger partial charge in [0.05, 0.1) is 17.8 Å². The van der Waals surface area contributed by atoms with E-state index < -0.39 is 12.1 Å². The number of hydrogen-bond donors (Lipinski definition) is 0. The van der Waals surface area contributed by atoms with Crippen LogP contribution >= 0.6 is 11.3 Å². The minimum atomic E-state index is -0.888. The minimum Gasteiger partial charge on any atom is -0.454 e. The molecule has 0 saturated carbocycles. The van der Waals surface area contributed by atoms with Crippen LogP contribution in [0.25, 0.3) is 16.4 Å². The number of carbonyl (C=O) groups is 2. The lowest BCUT2D eigenvalue weighted by Crippen LogP contribution is -2.25. The third-order valence-electron chi connectivity index (χ3n) is 5.15. The Morgan fingerprint density at radius 2 is 1.84 bits per heavy atom. The van der Waals surface area contributed by atoms with Crippen LogP contribution in [0.3, 0.4) is 0 Å². The van der Waals surface area contributed by atoms with Crippen LogP contribution in [0.1, 0.15) is 34.4 Å². The highest BCUT2D eigenvalue weighted by molar-refractivity contribution is 7.13. The van der Waals surface area contributed by atoms with Crippen molar-refractivity contribution in [3.8, 4) is 16.4 Å². The SMILES string of the molecule is Cc1cc(C(=O)C(C)OC(=O)Cc2csc(-c3ccccn3)n2)c(C)n1-c1ccccc1. The summed E-state index contributed by atoms with van der Waals surface area (Å²) < 4.78 is 7.47. The number of aryl methyl sites for hydroxylation is 1. The first-order valence-corrected chi connectivity index (χ1v) is 11.2. The van der Waals surface area contributed by atoms with Crippen molar-refractivity contribution >= 4 is 23.1 Å². The molecule has 3 heterocycles. The third kappa shape index (κ3) is 4.53. The van der Waals surface area contributed by atoms with Crippen molar-refractivity contribution in [2.45, 2.75) is 33.3 Å². The zero-order chi connectivity index (χ0) is 22.7. The molecule has 3 aromatic heterocycles. The molecule has 0 amide bonds. The van der Waals surface area contributed by atoms with Crippen molar-refractivity contribution < 1.29 is 14.3 Å². The predicted molar refractivity (Wildman–Crippen MR) is 124 cm³/mol. The maximum absolute atomic E-state index is 13.0. The van der Waals surface area contributed by atoms with E-state index in [-0.39, 0.29) is 12.2 Å². The number of thiazole rings is 1. The zero-order valence-electron chi connectivity index (χ0n) is 18.1. The number of hydrogen-bond acceptors (Lipinski definition) is 6. The molecule has 0 N–H and O–H groups in total. The van der Waals surface area contributed by atoms with E-state index in [1.165, 1.54) is 11.3 Å². The first-order chi connectivity index (χ1) is 15.4. The number of rotatable bonds is 7. The molecule has 0 bridgehead atoms. The molecular formula is C25H23N3O3S. The second-order valence-electron chi connectivity index (χ2n) is 7.49. The molecule has 0 aliphatic carbocycles. The van der Waals surface area contributed by atoms with E-state index in [2.05, 4.69) is 9.97 Å². The van der Waals surface area contributed by atoms with Crippen molar-refractivity contribution in [3.63, 3.8) is 0 Å². The molecule has 6 nitrogen and oxygen atoms in total. The topological polar surface area (TPSA) is 74.1 Å². The summed E-state index contributed by atoms with van der Waals surface area (Å²) in [6.07, 6.45) is 0.817. The quantitative estimate of drug-likeness (QED) is 0.297. The number of esters is 1. The lowest BCUT2D eigenvalue weighted by atomic mass is 10.1. The summed E-state index contributed by atoms with van der Waals surface area (Å²) >= 11 is 1.42. The first kappa shape index (κ1) is 21.6. The largest absolute Gasteiger partial charge is 0.454 e. The van der Waals surface area contributed by atoms with Gasteiger partial charge in [0.25, 0.3) is 0 Å². The van der Waals surface area contributed by atoms with E-state index in [4.69, 9.17) is 4.74 Å². The fourth-order valence-electron chi connectivity index (χ4n) is 3.64. The van der Waals surface area contributed by atoms with Gasteiger partial charge in [-0.3, -0.25) is 14.6 Å². The Labute approximate surface area is 190 Å². The lowest BCUT2D eigenvalue weighted by molar-refractivity contribution is -0.145. The molecule has 4 rings (SSSR count). The number of nitrogens with zero attached hydrogens (tertiary/aromatic N) is 3. The zero-order valence-corrected chi connectivity index (χ0v) is 18.9. The van der Waals surface area contributed by atoms with Crippen molar-refractivity contribution in [1.82, 2.24) is 14.5 Å². The van der Waals surface area contributed by atoms with Gasteiger partial charge in [-0.25, -0.2) is 4.98 Å². The van der Waals surface area contributed by atoms with Gasteiger partial charge in [-0.1, -0.05) is 24.3 Å². The molecule has 162 valence electrons. The maximum Gasteiger partial charge on any atom is 0.312 e. The van der Waals surface area contributed by atoms with E-state index in [9.17, 15) is 9.59 Å². The standard InChI is InChI=1S/C25H23N3O3S/c1-16-13-21(17(2)28(16)20-9-5-4-6-10-20)24(30)18(3)31-23(29)14-19-15-32-25(27-19)22-11-7-8-12-26-22/h4-13,15,18H,14H2,1-3H3. The van der Waals surface area contributed by atoms with Gasteiger partial charge < -0.3 is 9.30 Å². The number of Topliss-reactive ketones (excluding diaryl/α,β-unsaturated/α-hetero) is 1. The average molecular weight is 446 g/mol. The molecule has 7 heteroatoms. The molecule has 1 unspecified atom stereocenters. The molecule has 32 heavy (non-hydrogen) atoms. The normalized spacial score (nSPS) is 11.8. The van der Waals surface area contributed by atoms with Crippen molar-refractivity contribution in [1.29, 1.82) is 0 Å². The summed E-state index contributed by atoms with van der Waals surface area (Å²) in [5.41, 5.74) is 4.66. The highest BCUT2D eigenvalue weighted by Gasteiger charge is 2.24. The van der Waals surface area contributed by atoms with Gasteiger partial charge in [0.1, 0.15) is 5.01 Å². The molecule has 0 fully saturated rings. The Kier molecular flexibility index (Phi) is 6.28. The van der Waals surface area contributed by atoms with Crippen molar-refractivity contribution in [2.24, 2.45) is 0 Å². The fourth-order valence-corrected chi connectivity index (χ4v) is 4.44. The van der Waals surface area contributed by atoms with Crippen LogP contribution < -0.4 is 0 Å². The summed E-state index contributed by atoms with van der Waals surface area (Å²) in [6, 6.07) is 17.3. The van der Waals surface area contributed by atoms with Crippen molar-refractivity contribution in [3.05, 3.63) is 88.8 Å². The minimum absolute atomic E-state index is 0.00396. The molecule has 0 saturated heterocycles. The highest BCUT2D eigenvalue weighted by Crippen LogP contribution is 2.24. The molecule has 0 radical (unpaired) electrons. The van der Waals surface area contributed by atoms with E-state index in [1.807, 2.05) is 78.4 Å². The molecule has 1 atom stereocenters. The van der Waals surface area contributed by atoms with Gasteiger partial charge in [0, 0.05) is 34.2 Å². The Bertz CT molecular complexity index is 1250. The van der Waals surface area contributed by atoms with Crippen molar-refractivity contribution in [2.75, 3.05) is 0 Å². The highest BCUT2D eigenvalue weighted by atomic mass is 32.1. The molecule has 4 aromatic rings.